The third kappa shape index (κ3) is 4.35. The first-order valence-corrected chi connectivity index (χ1v) is 7.05. The molecular weight excluding hydrogens is 238 g/mol. The molecule has 104 valence electrons. The summed E-state index contributed by atoms with van der Waals surface area (Å²) in [5, 5.41) is 0. The molecule has 0 aromatic heterocycles. The van der Waals surface area contributed by atoms with Crippen LogP contribution in [0.1, 0.15) is 25.8 Å². The standard InChI is InChI=1S/C16H23NO2/c1-13-8-9-17(10-15-6-4-3-5-7-15)11-16(13)12-19-14(2)18/h3-7,13,16H,8-12H2,1-2H3/t13-,16-/m0/s1. The molecule has 2 rings (SSSR count). The fourth-order valence-electron chi connectivity index (χ4n) is 2.65. The van der Waals surface area contributed by atoms with Crippen molar-refractivity contribution in [3.8, 4) is 0 Å². The molecule has 1 fully saturated rings. The molecule has 0 N–H and O–H groups in total. The number of esters is 1. The van der Waals surface area contributed by atoms with Crippen LogP contribution in [-0.2, 0) is 16.1 Å². The van der Waals surface area contributed by atoms with Crippen molar-refractivity contribution in [3.63, 3.8) is 0 Å². The van der Waals surface area contributed by atoms with Crippen molar-refractivity contribution in [2.75, 3.05) is 19.7 Å². The molecule has 19 heavy (non-hydrogen) atoms. The highest BCUT2D eigenvalue weighted by atomic mass is 16.5. The zero-order valence-electron chi connectivity index (χ0n) is 11.8. The van der Waals surface area contributed by atoms with Crippen LogP contribution in [0.3, 0.4) is 0 Å². The van der Waals surface area contributed by atoms with E-state index in [-0.39, 0.29) is 5.97 Å². The van der Waals surface area contributed by atoms with Crippen LogP contribution >= 0.6 is 0 Å². The van der Waals surface area contributed by atoms with Crippen LogP contribution in [0.25, 0.3) is 0 Å². The van der Waals surface area contributed by atoms with Gasteiger partial charge in [0.1, 0.15) is 0 Å². The maximum Gasteiger partial charge on any atom is 0.302 e. The van der Waals surface area contributed by atoms with Crippen molar-refractivity contribution >= 4 is 5.97 Å². The lowest BCUT2D eigenvalue weighted by molar-refractivity contribution is -0.143. The third-order valence-electron chi connectivity index (χ3n) is 3.95. The van der Waals surface area contributed by atoms with Gasteiger partial charge in [-0.15, -0.1) is 0 Å². The second kappa shape index (κ2) is 6.71. The van der Waals surface area contributed by atoms with Crippen molar-refractivity contribution in [1.29, 1.82) is 0 Å². The molecule has 1 heterocycles. The van der Waals surface area contributed by atoms with Gasteiger partial charge < -0.3 is 4.74 Å². The molecule has 0 bridgehead atoms. The molecule has 1 aliphatic rings. The Balaban J connectivity index is 1.88. The topological polar surface area (TPSA) is 29.5 Å². The van der Waals surface area contributed by atoms with Gasteiger partial charge in [-0.25, -0.2) is 0 Å². The minimum atomic E-state index is -0.174. The Morgan fingerprint density at radius 2 is 2.11 bits per heavy atom. The van der Waals surface area contributed by atoms with E-state index in [4.69, 9.17) is 4.74 Å². The second-order valence-corrected chi connectivity index (χ2v) is 5.55. The van der Waals surface area contributed by atoms with Crippen LogP contribution < -0.4 is 0 Å². The Morgan fingerprint density at radius 3 is 2.79 bits per heavy atom. The first-order valence-electron chi connectivity index (χ1n) is 7.05. The Hall–Kier alpha value is -1.35. The molecule has 1 aromatic carbocycles. The lowest BCUT2D eigenvalue weighted by Gasteiger charge is -2.36. The summed E-state index contributed by atoms with van der Waals surface area (Å²) in [5.74, 6) is 0.917. The normalized spacial score (nSPS) is 24.1. The number of rotatable bonds is 4. The number of benzene rings is 1. The molecule has 0 amide bonds. The quantitative estimate of drug-likeness (QED) is 0.780. The molecule has 0 unspecified atom stereocenters. The number of piperidine rings is 1. The monoisotopic (exact) mass is 261 g/mol. The summed E-state index contributed by atoms with van der Waals surface area (Å²) in [4.78, 5) is 13.4. The highest BCUT2D eigenvalue weighted by Crippen LogP contribution is 2.24. The van der Waals surface area contributed by atoms with Crippen LogP contribution in [0.15, 0.2) is 30.3 Å². The fraction of sp³-hybridized carbons (Fsp3) is 0.562. The maximum atomic E-state index is 10.9. The molecular formula is C16H23NO2. The summed E-state index contributed by atoms with van der Waals surface area (Å²) < 4.78 is 5.18. The summed E-state index contributed by atoms with van der Waals surface area (Å²) in [6.45, 7) is 7.44. The van der Waals surface area contributed by atoms with E-state index in [0.717, 1.165) is 19.6 Å². The van der Waals surface area contributed by atoms with Crippen LogP contribution in [-0.4, -0.2) is 30.6 Å². The summed E-state index contributed by atoms with van der Waals surface area (Å²) in [6.07, 6.45) is 1.18. The van der Waals surface area contributed by atoms with Crippen molar-refractivity contribution in [2.24, 2.45) is 11.8 Å². The Bertz CT molecular complexity index is 404. The van der Waals surface area contributed by atoms with Gasteiger partial charge in [-0.05, 0) is 24.4 Å². The third-order valence-corrected chi connectivity index (χ3v) is 3.95. The predicted octanol–water partition coefficient (Wildman–Crippen LogP) is 2.71. The van der Waals surface area contributed by atoms with Crippen LogP contribution in [0, 0.1) is 11.8 Å². The zero-order chi connectivity index (χ0) is 13.7. The second-order valence-electron chi connectivity index (χ2n) is 5.55. The van der Waals surface area contributed by atoms with Gasteiger partial charge in [0.25, 0.3) is 0 Å². The van der Waals surface area contributed by atoms with E-state index >= 15 is 0 Å². The SMILES string of the molecule is CC(=O)OC[C@@H]1CN(Cc2ccccc2)CC[C@@H]1C. The van der Waals surface area contributed by atoms with Crippen LogP contribution in [0.2, 0.25) is 0 Å². The molecule has 3 heteroatoms. The largest absolute Gasteiger partial charge is 0.466 e. The van der Waals surface area contributed by atoms with Crippen molar-refractivity contribution in [2.45, 2.75) is 26.8 Å². The highest BCUT2D eigenvalue weighted by Gasteiger charge is 2.26. The van der Waals surface area contributed by atoms with E-state index in [1.54, 1.807) is 0 Å². The van der Waals surface area contributed by atoms with Crippen molar-refractivity contribution in [3.05, 3.63) is 35.9 Å². The summed E-state index contributed by atoms with van der Waals surface area (Å²) in [5.41, 5.74) is 1.35. The van der Waals surface area contributed by atoms with Crippen LogP contribution in [0.5, 0.6) is 0 Å². The minimum absolute atomic E-state index is 0.174. The Morgan fingerprint density at radius 1 is 1.37 bits per heavy atom. The van der Waals surface area contributed by atoms with Gasteiger partial charge in [0.2, 0.25) is 0 Å². The summed E-state index contributed by atoms with van der Waals surface area (Å²) in [6, 6.07) is 10.5. The Kier molecular flexibility index (Phi) is 4.97. The molecule has 2 atom stereocenters. The fourth-order valence-corrected chi connectivity index (χ4v) is 2.65. The number of hydrogen-bond acceptors (Lipinski definition) is 3. The number of hydrogen-bond donors (Lipinski definition) is 0. The number of carbonyl (C=O) groups excluding carboxylic acids is 1. The lowest BCUT2D eigenvalue weighted by atomic mass is 9.87. The average Bonchev–Trinajstić information content (AvgIpc) is 2.40. The number of nitrogens with zero attached hydrogens (tertiary/aromatic N) is 1. The predicted molar refractivity (Wildman–Crippen MR) is 75.6 cm³/mol. The average molecular weight is 261 g/mol. The molecule has 0 saturated carbocycles. The van der Waals surface area contributed by atoms with Gasteiger partial charge in [0.15, 0.2) is 0 Å². The van der Waals surface area contributed by atoms with E-state index in [1.165, 1.54) is 18.9 Å². The zero-order valence-corrected chi connectivity index (χ0v) is 11.8. The van der Waals surface area contributed by atoms with Gasteiger partial charge >= 0.3 is 5.97 Å². The molecule has 0 spiro atoms. The molecule has 0 aliphatic carbocycles. The lowest BCUT2D eigenvalue weighted by Crippen LogP contribution is -2.41. The van der Waals surface area contributed by atoms with Gasteiger partial charge in [0.05, 0.1) is 6.61 Å². The van der Waals surface area contributed by atoms with E-state index in [9.17, 15) is 4.79 Å². The smallest absolute Gasteiger partial charge is 0.302 e. The van der Waals surface area contributed by atoms with Crippen LogP contribution in [0.4, 0.5) is 0 Å². The van der Waals surface area contributed by atoms with E-state index in [1.807, 2.05) is 6.07 Å². The molecule has 1 aromatic rings. The van der Waals surface area contributed by atoms with Crippen molar-refractivity contribution in [1.82, 2.24) is 4.90 Å². The molecule has 1 saturated heterocycles. The number of likely N-dealkylation sites (tertiary alicyclic amines) is 1. The van der Waals surface area contributed by atoms with Gasteiger partial charge in [-0.2, -0.15) is 0 Å². The van der Waals surface area contributed by atoms with E-state index in [2.05, 4.69) is 36.1 Å². The van der Waals surface area contributed by atoms with Gasteiger partial charge in [-0.3, -0.25) is 9.69 Å². The Labute approximate surface area is 115 Å². The maximum absolute atomic E-state index is 10.9. The molecule has 1 aliphatic heterocycles. The van der Waals surface area contributed by atoms with Gasteiger partial charge in [-0.1, -0.05) is 37.3 Å². The summed E-state index contributed by atoms with van der Waals surface area (Å²) >= 11 is 0. The number of carbonyl (C=O) groups is 1. The first kappa shape index (κ1) is 14.1. The number of ether oxygens (including phenoxy) is 1. The van der Waals surface area contributed by atoms with Gasteiger partial charge in [0, 0.05) is 25.9 Å². The first-order chi connectivity index (χ1) is 9.15. The molecule has 3 nitrogen and oxygen atoms in total. The van der Waals surface area contributed by atoms with E-state index < -0.39 is 0 Å². The van der Waals surface area contributed by atoms with E-state index in [0.29, 0.717) is 18.4 Å². The highest BCUT2D eigenvalue weighted by molar-refractivity contribution is 5.65. The summed E-state index contributed by atoms with van der Waals surface area (Å²) in [7, 11) is 0. The minimum Gasteiger partial charge on any atom is -0.466 e. The van der Waals surface area contributed by atoms with Crippen molar-refractivity contribution < 1.29 is 9.53 Å². The molecule has 0 radical (unpaired) electrons.